The highest BCUT2D eigenvalue weighted by molar-refractivity contribution is 7.14. The topological polar surface area (TPSA) is 63.2 Å². The van der Waals surface area contributed by atoms with Crippen LogP contribution in [0.15, 0.2) is 36.4 Å². The Kier molecular flexibility index (Phi) is 7.73. The molecule has 1 heterocycles. The summed E-state index contributed by atoms with van der Waals surface area (Å²) in [6, 6.07) is 11.8. The minimum atomic E-state index is -0.118. The van der Waals surface area contributed by atoms with Crippen molar-refractivity contribution < 1.29 is 14.4 Å². The van der Waals surface area contributed by atoms with E-state index in [1.807, 2.05) is 25.1 Å². The molecule has 138 valence electrons. The first-order valence-corrected chi connectivity index (χ1v) is 9.70. The van der Waals surface area contributed by atoms with Gasteiger partial charge >= 0.3 is 0 Å². The Hall–Kier alpha value is -2.27. The highest BCUT2D eigenvalue weighted by Gasteiger charge is 2.12. The summed E-state index contributed by atoms with van der Waals surface area (Å²) in [5, 5.41) is 2.85. The number of carbonyl (C=O) groups excluding carboxylic acids is 3. The second-order valence-corrected chi connectivity index (χ2v) is 7.69. The van der Waals surface area contributed by atoms with Crippen molar-refractivity contribution in [3.05, 3.63) is 57.3 Å². The molecule has 0 unspecified atom stereocenters. The van der Waals surface area contributed by atoms with Crippen molar-refractivity contribution in [2.75, 3.05) is 6.54 Å². The second-order valence-electron chi connectivity index (χ2n) is 6.40. The van der Waals surface area contributed by atoms with Gasteiger partial charge in [0, 0.05) is 37.1 Å². The number of ketones is 2. The Labute approximate surface area is 158 Å². The first-order chi connectivity index (χ1) is 12.5. The fourth-order valence-corrected chi connectivity index (χ4v) is 3.49. The molecule has 4 nitrogen and oxygen atoms in total. The van der Waals surface area contributed by atoms with E-state index >= 15 is 0 Å². The fraction of sp³-hybridized carbons (Fsp3) is 0.381. The van der Waals surface area contributed by atoms with Gasteiger partial charge in [0.15, 0.2) is 5.78 Å². The zero-order chi connectivity index (χ0) is 18.9. The van der Waals surface area contributed by atoms with Crippen molar-refractivity contribution in [2.45, 2.75) is 46.0 Å². The molecule has 0 radical (unpaired) electrons. The molecule has 1 amide bonds. The highest BCUT2D eigenvalue weighted by atomic mass is 32.1. The molecule has 0 saturated carbocycles. The third-order valence-corrected chi connectivity index (χ3v) is 5.30. The second kappa shape index (κ2) is 10.0. The largest absolute Gasteiger partial charge is 0.356 e. The first-order valence-electron chi connectivity index (χ1n) is 8.88. The van der Waals surface area contributed by atoms with E-state index in [-0.39, 0.29) is 43.2 Å². The molecule has 26 heavy (non-hydrogen) atoms. The maximum absolute atomic E-state index is 12.0. The maximum Gasteiger partial charge on any atom is 0.220 e. The van der Waals surface area contributed by atoms with E-state index in [9.17, 15) is 14.4 Å². The molecule has 0 fully saturated rings. The Morgan fingerprint density at radius 1 is 0.923 bits per heavy atom. The van der Waals surface area contributed by atoms with Crippen molar-refractivity contribution in [3.8, 4) is 0 Å². The van der Waals surface area contributed by atoms with Gasteiger partial charge in [0.05, 0.1) is 4.88 Å². The fourth-order valence-electron chi connectivity index (χ4n) is 2.65. The molecule has 0 aliphatic carbocycles. The molecule has 0 atom stereocenters. The van der Waals surface area contributed by atoms with E-state index in [1.54, 1.807) is 6.07 Å². The van der Waals surface area contributed by atoms with Crippen LogP contribution in [0.3, 0.4) is 0 Å². The van der Waals surface area contributed by atoms with Crippen LogP contribution >= 0.6 is 11.3 Å². The third-order valence-electron chi connectivity index (χ3n) is 4.25. The lowest BCUT2D eigenvalue weighted by Crippen LogP contribution is -2.26. The van der Waals surface area contributed by atoms with Crippen molar-refractivity contribution in [1.29, 1.82) is 0 Å². The van der Waals surface area contributed by atoms with Crippen LogP contribution in [-0.2, 0) is 16.0 Å². The van der Waals surface area contributed by atoms with Crippen LogP contribution in [0.25, 0.3) is 0 Å². The van der Waals surface area contributed by atoms with Crippen LogP contribution in [0.1, 0.15) is 51.4 Å². The molecule has 0 saturated heterocycles. The number of thiophene rings is 1. The van der Waals surface area contributed by atoms with Crippen molar-refractivity contribution in [1.82, 2.24) is 5.32 Å². The van der Waals surface area contributed by atoms with E-state index in [0.29, 0.717) is 11.4 Å². The monoisotopic (exact) mass is 371 g/mol. The summed E-state index contributed by atoms with van der Waals surface area (Å²) in [7, 11) is 0. The van der Waals surface area contributed by atoms with Gasteiger partial charge in [-0.1, -0.05) is 24.3 Å². The van der Waals surface area contributed by atoms with Crippen LogP contribution in [-0.4, -0.2) is 24.0 Å². The van der Waals surface area contributed by atoms with Gasteiger partial charge in [-0.25, -0.2) is 0 Å². The van der Waals surface area contributed by atoms with Crippen LogP contribution in [0.5, 0.6) is 0 Å². The van der Waals surface area contributed by atoms with Crippen LogP contribution in [0.2, 0.25) is 0 Å². The quantitative estimate of drug-likeness (QED) is 0.641. The average Bonchev–Trinajstić information content (AvgIpc) is 3.06. The number of hydrogen-bond acceptors (Lipinski definition) is 4. The van der Waals surface area contributed by atoms with E-state index < -0.39 is 0 Å². The molecular formula is C21H25NO3S. The predicted octanol–water partition coefficient (Wildman–Crippen LogP) is 4.04. The summed E-state index contributed by atoms with van der Waals surface area (Å²) in [4.78, 5) is 37.5. The van der Waals surface area contributed by atoms with Gasteiger partial charge < -0.3 is 5.32 Å². The maximum atomic E-state index is 12.0. The predicted molar refractivity (Wildman–Crippen MR) is 105 cm³/mol. The summed E-state index contributed by atoms with van der Waals surface area (Å²) in [6.45, 7) is 4.56. The summed E-state index contributed by atoms with van der Waals surface area (Å²) in [5.74, 6) is -0.160. The number of hydrogen-bond donors (Lipinski definition) is 1. The standard InChI is InChI=1S/C21H25NO3S/c1-15-5-3-4-6-17(15)13-14-22-21(25)12-9-18(23)8-10-19(24)20-11-7-16(2)26-20/h3-7,11H,8-10,12-14H2,1-2H3,(H,22,25). The molecule has 1 aromatic carbocycles. The summed E-state index contributed by atoms with van der Waals surface area (Å²) in [5.41, 5.74) is 2.42. The van der Waals surface area contributed by atoms with Crippen LogP contribution in [0, 0.1) is 13.8 Å². The number of rotatable bonds is 10. The lowest BCUT2D eigenvalue weighted by Gasteiger charge is -2.07. The number of Topliss-reactive ketones (excluding diaryl/α,β-unsaturated/α-hetero) is 2. The minimum absolute atomic E-state index is 0.000803. The van der Waals surface area contributed by atoms with Crippen LogP contribution in [0.4, 0.5) is 0 Å². The summed E-state index contributed by atoms with van der Waals surface area (Å²) in [6.07, 6.45) is 1.56. The number of aryl methyl sites for hydroxylation is 2. The average molecular weight is 372 g/mol. The lowest BCUT2D eigenvalue weighted by atomic mass is 10.1. The zero-order valence-corrected chi connectivity index (χ0v) is 16.2. The number of nitrogens with one attached hydrogen (secondary N) is 1. The van der Waals surface area contributed by atoms with Gasteiger partial charge in [-0.05, 0) is 43.5 Å². The number of carbonyl (C=O) groups is 3. The minimum Gasteiger partial charge on any atom is -0.356 e. The molecular weight excluding hydrogens is 346 g/mol. The Bertz CT molecular complexity index is 779. The Morgan fingerprint density at radius 3 is 2.35 bits per heavy atom. The van der Waals surface area contributed by atoms with Gasteiger partial charge in [-0.3, -0.25) is 14.4 Å². The van der Waals surface area contributed by atoms with E-state index in [4.69, 9.17) is 0 Å². The van der Waals surface area contributed by atoms with Gasteiger partial charge in [-0.15, -0.1) is 11.3 Å². The summed E-state index contributed by atoms with van der Waals surface area (Å²) >= 11 is 1.45. The number of benzene rings is 1. The number of amides is 1. The Balaban J connectivity index is 1.61. The molecule has 0 bridgehead atoms. The summed E-state index contributed by atoms with van der Waals surface area (Å²) < 4.78 is 0. The van der Waals surface area contributed by atoms with Crippen molar-refractivity contribution in [3.63, 3.8) is 0 Å². The van der Waals surface area contributed by atoms with Crippen molar-refractivity contribution >= 4 is 28.8 Å². The van der Waals surface area contributed by atoms with Gasteiger partial charge in [0.25, 0.3) is 0 Å². The lowest BCUT2D eigenvalue weighted by molar-refractivity contribution is -0.125. The smallest absolute Gasteiger partial charge is 0.220 e. The molecule has 0 spiro atoms. The van der Waals surface area contributed by atoms with Gasteiger partial charge in [0.1, 0.15) is 5.78 Å². The molecule has 0 aliphatic rings. The molecule has 1 aromatic heterocycles. The molecule has 5 heteroatoms. The first kappa shape index (κ1) is 20.0. The Morgan fingerprint density at radius 2 is 1.65 bits per heavy atom. The van der Waals surface area contributed by atoms with E-state index in [0.717, 1.165) is 11.3 Å². The normalized spacial score (nSPS) is 10.5. The third kappa shape index (κ3) is 6.56. The van der Waals surface area contributed by atoms with Crippen LogP contribution < -0.4 is 5.32 Å². The molecule has 0 aliphatic heterocycles. The zero-order valence-electron chi connectivity index (χ0n) is 15.3. The van der Waals surface area contributed by atoms with E-state index in [2.05, 4.69) is 24.4 Å². The molecule has 2 aromatic rings. The molecule has 1 N–H and O–H groups in total. The molecule has 2 rings (SSSR count). The van der Waals surface area contributed by atoms with Crippen molar-refractivity contribution in [2.24, 2.45) is 0 Å². The van der Waals surface area contributed by atoms with Gasteiger partial charge in [-0.2, -0.15) is 0 Å². The highest BCUT2D eigenvalue weighted by Crippen LogP contribution is 2.17. The SMILES string of the molecule is Cc1ccc(C(=O)CCC(=O)CCC(=O)NCCc2ccccc2C)s1. The van der Waals surface area contributed by atoms with Gasteiger partial charge in [0.2, 0.25) is 5.91 Å². The van der Waals surface area contributed by atoms with E-state index in [1.165, 1.54) is 22.5 Å².